The number of hydrogen-bond acceptors (Lipinski definition) is 5. The fourth-order valence-electron chi connectivity index (χ4n) is 2.22. The first-order valence-corrected chi connectivity index (χ1v) is 7.26. The van der Waals surface area contributed by atoms with E-state index in [0.29, 0.717) is 22.8 Å². The second-order valence-electron chi connectivity index (χ2n) is 4.98. The van der Waals surface area contributed by atoms with Crippen molar-refractivity contribution in [2.24, 2.45) is 0 Å². The van der Waals surface area contributed by atoms with Gasteiger partial charge in [0.15, 0.2) is 0 Å². The number of carbonyl (C=O) groups is 1. The van der Waals surface area contributed by atoms with Crippen LogP contribution in [0.2, 0.25) is 0 Å². The molecular weight excluding hydrogens is 308 g/mol. The second-order valence-corrected chi connectivity index (χ2v) is 4.98. The summed E-state index contributed by atoms with van der Waals surface area (Å²) in [4.78, 5) is 12.3. The van der Waals surface area contributed by atoms with E-state index in [2.05, 4.69) is 10.5 Å². The van der Waals surface area contributed by atoms with Gasteiger partial charge in [-0.15, -0.1) is 0 Å². The van der Waals surface area contributed by atoms with Crippen LogP contribution in [0.4, 0.5) is 5.88 Å². The van der Waals surface area contributed by atoms with Crippen molar-refractivity contribution in [1.29, 1.82) is 0 Å². The smallest absolute Gasteiger partial charge is 0.258 e. The molecule has 6 nitrogen and oxygen atoms in total. The SMILES string of the molecule is COc1ccc(C(=O)Nc2oncc2-c2ccc(OC)cc2)cc1. The molecule has 0 saturated carbocycles. The number of nitrogens with one attached hydrogen (secondary N) is 1. The molecule has 0 fully saturated rings. The van der Waals surface area contributed by atoms with E-state index in [0.717, 1.165) is 11.3 Å². The summed E-state index contributed by atoms with van der Waals surface area (Å²) in [6.07, 6.45) is 1.56. The first-order valence-electron chi connectivity index (χ1n) is 7.26. The summed E-state index contributed by atoms with van der Waals surface area (Å²) < 4.78 is 15.4. The van der Waals surface area contributed by atoms with Crippen LogP contribution in [0.3, 0.4) is 0 Å². The van der Waals surface area contributed by atoms with E-state index in [9.17, 15) is 4.79 Å². The van der Waals surface area contributed by atoms with E-state index in [-0.39, 0.29) is 5.91 Å². The molecule has 0 spiro atoms. The van der Waals surface area contributed by atoms with Gasteiger partial charge < -0.3 is 14.0 Å². The molecule has 0 aliphatic rings. The minimum atomic E-state index is -0.288. The lowest BCUT2D eigenvalue weighted by atomic mass is 10.1. The van der Waals surface area contributed by atoms with Crippen molar-refractivity contribution in [3.63, 3.8) is 0 Å². The molecule has 0 bridgehead atoms. The number of hydrogen-bond donors (Lipinski definition) is 1. The van der Waals surface area contributed by atoms with E-state index in [1.807, 2.05) is 24.3 Å². The fraction of sp³-hybridized carbons (Fsp3) is 0.111. The largest absolute Gasteiger partial charge is 0.497 e. The molecule has 0 radical (unpaired) electrons. The molecular formula is C18H16N2O4. The van der Waals surface area contributed by atoms with Crippen LogP contribution in [-0.2, 0) is 0 Å². The summed E-state index contributed by atoms with van der Waals surface area (Å²) in [7, 11) is 3.18. The topological polar surface area (TPSA) is 73.6 Å². The molecule has 0 atom stereocenters. The first-order chi connectivity index (χ1) is 11.7. The van der Waals surface area contributed by atoms with Gasteiger partial charge in [-0.1, -0.05) is 17.3 Å². The summed E-state index contributed by atoms with van der Waals surface area (Å²) in [6, 6.07) is 14.2. The van der Waals surface area contributed by atoms with Crippen LogP contribution in [0.25, 0.3) is 11.1 Å². The Balaban J connectivity index is 1.80. The average molecular weight is 324 g/mol. The lowest BCUT2D eigenvalue weighted by molar-refractivity contribution is 0.102. The molecule has 6 heteroatoms. The number of amides is 1. The molecule has 1 heterocycles. The quantitative estimate of drug-likeness (QED) is 0.776. The molecule has 0 aliphatic carbocycles. The summed E-state index contributed by atoms with van der Waals surface area (Å²) in [6.45, 7) is 0. The van der Waals surface area contributed by atoms with Crippen LogP contribution in [0.15, 0.2) is 59.3 Å². The van der Waals surface area contributed by atoms with Crippen LogP contribution in [0, 0.1) is 0 Å². The third kappa shape index (κ3) is 3.22. The standard InChI is InChI=1S/C18H16N2O4/c1-22-14-7-3-12(4-8-14)16-11-19-24-18(16)20-17(21)13-5-9-15(23-2)10-6-13/h3-11H,1-2H3,(H,20,21). The summed E-state index contributed by atoms with van der Waals surface area (Å²) in [5.74, 6) is 1.44. The van der Waals surface area contributed by atoms with Crippen molar-refractivity contribution in [2.45, 2.75) is 0 Å². The number of methoxy groups -OCH3 is 2. The molecule has 3 aromatic rings. The minimum absolute atomic E-state index is 0.288. The number of carbonyl (C=O) groups excluding carboxylic acids is 1. The van der Waals surface area contributed by atoms with Crippen molar-refractivity contribution in [3.05, 3.63) is 60.3 Å². The maximum Gasteiger partial charge on any atom is 0.258 e. The summed E-state index contributed by atoms with van der Waals surface area (Å²) in [5, 5.41) is 6.51. The van der Waals surface area contributed by atoms with E-state index < -0.39 is 0 Å². The van der Waals surface area contributed by atoms with Crippen LogP contribution < -0.4 is 14.8 Å². The van der Waals surface area contributed by atoms with E-state index >= 15 is 0 Å². The molecule has 0 unspecified atom stereocenters. The molecule has 3 rings (SSSR count). The van der Waals surface area contributed by atoms with Gasteiger partial charge >= 0.3 is 0 Å². The van der Waals surface area contributed by atoms with Gasteiger partial charge in [-0.3, -0.25) is 10.1 Å². The zero-order valence-electron chi connectivity index (χ0n) is 13.3. The normalized spacial score (nSPS) is 10.2. The number of ether oxygens (including phenoxy) is 2. The van der Waals surface area contributed by atoms with Gasteiger partial charge in [-0.05, 0) is 42.0 Å². The molecule has 1 N–H and O–H groups in total. The van der Waals surface area contributed by atoms with Crippen molar-refractivity contribution in [2.75, 3.05) is 19.5 Å². The first kappa shape index (κ1) is 15.6. The Bertz CT molecular complexity index is 823. The highest BCUT2D eigenvalue weighted by molar-refractivity contribution is 6.05. The highest BCUT2D eigenvalue weighted by Crippen LogP contribution is 2.29. The number of aromatic nitrogens is 1. The van der Waals surface area contributed by atoms with E-state index in [1.54, 1.807) is 44.7 Å². The molecule has 0 saturated heterocycles. The van der Waals surface area contributed by atoms with Crippen LogP contribution in [0.1, 0.15) is 10.4 Å². The van der Waals surface area contributed by atoms with Crippen molar-refractivity contribution < 1.29 is 18.8 Å². The summed E-state index contributed by atoms with van der Waals surface area (Å²) in [5.41, 5.74) is 2.05. The maximum atomic E-state index is 12.3. The maximum absolute atomic E-state index is 12.3. The fourth-order valence-corrected chi connectivity index (χ4v) is 2.22. The van der Waals surface area contributed by atoms with Gasteiger partial charge in [0.25, 0.3) is 5.91 Å². The van der Waals surface area contributed by atoms with E-state index in [1.165, 1.54) is 0 Å². The Labute approximate surface area is 139 Å². The Morgan fingerprint density at radius 1 is 0.958 bits per heavy atom. The molecule has 1 amide bonds. The molecule has 122 valence electrons. The predicted molar refractivity (Wildman–Crippen MR) is 89.4 cm³/mol. The van der Waals surface area contributed by atoms with Gasteiger partial charge in [0, 0.05) is 5.56 Å². The Morgan fingerprint density at radius 3 is 2.12 bits per heavy atom. The number of rotatable bonds is 5. The van der Waals surface area contributed by atoms with Gasteiger partial charge in [0.05, 0.1) is 26.0 Å². The molecule has 2 aromatic carbocycles. The van der Waals surface area contributed by atoms with E-state index in [4.69, 9.17) is 14.0 Å². The highest BCUT2D eigenvalue weighted by atomic mass is 16.5. The molecule has 1 aromatic heterocycles. The zero-order valence-corrected chi connectivity index (χ0v) is 13.3. The zero-order chi connectivity index (χ0) is 16.9. The van der Waals surface area contributed by atoms with Gasteiger partial charge in [0.2, 0.25) is 5.88 Å². The van der Waals surface area contributed by atoms with Crippen molar-refractivity contribution in [1.82, 2.24) is 5.16 Å². The van der Waals surface area contributed by atoms with Crippen molar-refractivity contribution in [3.8, 4) is 22.6 Å². The highest BCUT2D eigenvalue weighted by Gasteiger charge is 2.15. The average Bonchev–Trinajstić information content (AvgIpc) is 3.10. The molecule has 24 heavy (non-hydrogen) atoms. The Kier molecular flexibility index (Phi) is 4.47. The minimum Gasteiger partial charge on any atom is -0.497 e. The lowest BCUT2D eigenvalue weighted by Crippen LogP contribution is -2.11. The number of nitrogens with zero attached hydrogens (tertiary/aromatic N) is 1. The number of anilines is 1. The predicted octanol–water partition coefficient (Wildman–Crippen LogP) is 3.61. The van der Waals surface area contributed by atoms with Gasteiger partial charge in [-0.2, -0.15) is 0 Å². The van der Waals surface area contributed by atoms with Crippen LogP contribution in [0.5, 0.6) is 11.5 Å². The third-order valence-electron chi connectivity index (χ3n) is 3.55. The summed E-state index contributed by atoms with van der Waals surface area (Å²) >= 11 is 0. The van der Waals surface area contributed by atoms with Gasteiger partial charge in [-0.25, -0.2) is 0 Å². The molecule has 0 aliphatic heterocycles. The second kappa shape index (κ2) is 6.87. The van der Waals surface area contributed by atoms with Gasteiger partial charge in [0.1, 0.15) is 11.5 Å². The third-order valence-corrected chi connectivity index (χ3v) is 3.55. The van der Waals surface area contributed by atoms with Crippen molar-refractivity contribution >= 4 is 11.8 Å². The Hall–Kier alpha value is -3.28. The number of benzene rings is 2. The Morgan fingerprint density at radius 2 is 1.54 bits per heavy atom. The monoisotopic (exact) mass is 324 g/mol. The lowest BCUT2D eigenvalue weighted by Gasteiger charge is -2.06. The van der Waals surface area contributed by atoms with Crippen LogP contribution in [-0.4, -0.2) is 25.3 Å². The van der Waals surface area contributed by atoms with Crippen LogP contribution >= 0.6 is 0 Å².